The van der Waals surface area contributed by atoms with E-state index in [1.54, 1.807) is 19.4 Å². The fraction of sp³-hybridized carbons (Fsp3) is 0.250. The van der Waals surface area contributed by atoms with Gasteiger partial charge in [-0.3, -0.25) is 9.78 Å². The summed E-state index contributed by atoms with van der Waals surface area (Å²) in [5, 5.41) is 4.62. The van der Waals surface area contributed by atoms with E-state index in [1.807, 2.05) is 43.3 Å². The molecule has 0 aliphatic heterocycles. The Morgan fingerprint density at radius 3 is 2.91 bits per heavy atom. The molecular formula is C24H24N4O4. The summed E-state index contributed by atoms with van der Waals surface area (Å²) in [6.45, 7) is 1.95. The van der Waals surface area contributed by atoms with Crippen molar-refractivity contribution in [1.82, 2.24) is 15.1 Å². The first kappa shape index (κ1) is 21.5. The number of aromatic nitrogens is 3. The highest BCUT2D eigenvalue weighted by molar-refractivity contribution is 5.94. The van der Waals surface area contributed by atoms with Crippen LogP contribution in [-0.2, 0) is 0 Å². The minimum absolute atomic E-state index is 0.0558. The van der Waals surface area contributed by atoms with Crippen molar-refractivity contribution in [2.75, 3.05) is 7.11 Å². The van der Waals surface area contributed by atoms with E-state index in [0.717, 1.165) is 22.2 Å². The molecule has 1 unspecified atom stereocenters. The largest absolute Gasteiger partial charge is 0.496 e. The lowest BCUT2D eigenvalue weighted by Crippen LogP contribution is -2.09. The van der Waals surface area contributed by atoms with E-state index in [2.05, 4.69) is 19.6 Å². The van der Waals surface area contributed by atoms with Gasteiger partial charge in [0.05, 0.1) is 30.4 Å². The average Bonchev–Trinajstić information content (AvgIpc) is 3.50. The Kier molecular flexibility index (Phi) is 6.42. The number of nitrogens with zero attached hydrogens (tertiary/aromatic N) is 3. The van der Waals surface area contributed by atoms with Crippen LogP contribution in [-0.4, -0.2) is 28.0 Å². The summed E-state index contributed by atoms with van der Waals surface area (Å²) in [6, 6.07) is 9.00. The highest BCUT2D eigenvalue weighted by Gasteiger charge is 2.17. The molecule has 4 rings (SSSR count). The van der Waals surface area contributed by atoms with E-state index >= 15 is 0 Å². The van der Waals surface area contributed by atoms with Gasteiger partial charge in [-0.15, -0.1) is 0 Å². The molecule has 3 aromatic heterocycles. The minimum Gasteiger partial charge on any atom is -0.496 e. The number of benzene rings is 1. The number of methoxy groups -OCH3 is 1. The molecule has 0 bridgehead atoms. The number of carbonyl (C=O) groups is 1. The van der Waals surface area contributed by atoms with E-state index in [4.69, 9.17) is 14.9 Å². The predicted octanol–water partition coefficient (Wildman–Crippen LogP) is 4.80. The lowest BCUT2D eigenvalue weighted by Gasteiger charge is -2.09. The number of ether oxygens (including phenoxy) is 1. The second-order valence-corrected chi connectivity index (χ2v) is 7.42. The SMILES string of the molecule is COc1cc2nc(C)ccc2cc1-c1cnc(C(N)C/C=C/CCC(=O)c2ccon2)o1. The molecule has 0 radical (unpaired) electrons. The third kappa shape index (κ3) is 4.76. The van der Waals surface area contributed by atoms with E-state index in [-0.39, 0.29) is 5.78 Å². The standard InChI is InChI=1S/C24H24N4O4/c1-15-8-9-16-12-17(22(30-2)13-20(16)27-15)23-14-26-24(32-23)18(25)6-4-3-5-7-21(29)19-10-11-31-28-19/h3-4,8-14,18H,5-7,25H2,1-2H3/b4-3+. The quantitative estimate of drug-likeness (QED) is 0.296. The number of Topliss-reactive ketones (excluding diaryl/α,β-unsaturated/α-hetero) is 1. The third-order valence-corrected chi connectivity index (χ3v) is 5.07. The van der Waals surface area contributed by atoms with Gasteiger partial charge in [-0.05, 0) is 31.9 Å². The van der Waals surface area contributed by atoms with Gasteiger partial charge in [-0.2, -0.15) is 0 Å². The fourth-order valence-corrected chi connectivity index (χ4v) is 3.36. The number of rotatable bonds is 9. The Morgan fingerprint density at radius 2 is 2.12 bits per heavy atom. The van der Waals surface area contributed by atoms with Crippen molar-refractivity contribution in [3.8, 4) is 17.1 Å². The highest BCUT2D eigenvalue weighted by Crippen LogP contribution is 2.35. The first-order chi connectivity index (χ1) is 15.5. The summed E-state index contributed by atoms with van der Waals surface area (Å²) >= 11 is 0. The number of hydrogen-bond acceptors (Lipinski definition) is 8. The molecule has 3 heterocycles. The van der Waals surface area contributed by atoms with Gasteiger partial charge in [0.15, 0.2) is 11.5 Å². The molecule has 0 fully saturated rings. The van der Waals surface area contributed by atoms with Gasteiger partial charge >= 0.3 is 0 Å². The molecule has 164 valence electrons. The zero-order chi connectivity index (χ0) is 22.5. The van der Waals surface area contributed by atoms with Crippen LogP contribution in [0.4, 0.5) is 0 Å². The van der Waals surface area contributed by atoms with Crippen molar-refractivity contribution in [3.63, 3.8) is 0 Å². The van der Waals surface area contributed by atoms with Crippen molar-refractivity contribution in [2.24, 2.45) is 5.73 Å². The summed E-state index contributed by atoms with van der Waals surface area (Å²) in [5.74, 6) is 1.62. The van der Waals surface area contributed by atoms with E-state index in [1.165, 1.54) is 6.26 Å². The fourth-order valence-electron chi connectivity index (χ4n) is 3.36. The second-order valence-electron chi connectivity index (χ2n) is 7.42. The van der Waals surface area contributed by atoms with Crippen molar-refractivity contribution < 1.29 is 18.5 Å². The number of oxazole rings is 1. The van der Waals surface area contributed by atoms with Crippen molar-refractivity contribution in [3.05, 3.63) is 72.2 Å². The molecular weight excluding hydrogens is 408 g/mol. The lowest BCUT2D eigenvalue weighted by atomic mass is 10.1. The number of pyridine rings is 1. The molecule has 0 aliphatic carbocycles. The molecule has 0 saturated carbocycles. The summed E-state index contributed by atoms with van der Waals surface area (Å²) in [6.07, 6.45) is 8.38. The molecule has 2 N–H and O–H groups in total. The average molecular weight is 432 g/mol. The van der Waals surface area contributed by atoms with E-state index in [0.29, 0.717) is 42.4 Å². The molecule has 0 spiro atoms. The molecule has 0 saturated heterocycles. The number of hydrogen-bond donors (Lipinski definition) is 1. The highest BCUT2D eigenvalue weighted by atomic mass is 16.5. The van der Waals surface area contributed by atoms with Gasteiger partial charge in [0, 0.05) is 29.6 Å². The lowest BCUT2D eigenvalue weighted by molar-refractivity contribution is 0.0975. The molecule has 4 aromatic rings. The number of aryl methyl sites for hydroxylation is 1. The number of fused-ring (bicyclic) bond motifs is 1. The summed E-state index contributed by atoms with van der Waals surface area (Å²) < 4.78 is 16.2. The minimum atomic E-state index is -0.401. The van der Waals surface area contributed by atoms with Gasteiger partial charge in [0.25, 0.3) is 0 Å². The Morgan fingerprint density at radius 1 is 1.25 bits per heavy atom. The van der Waals surface area contributed by atoms with Crippen LogP contribution >= 0.6 is 0 Å². The Balaban J connectivity index is 1.41. The number of allylic oxidation sites excluding steroid dienone is 1. The van der Waals surface area contributed by atoms with Crippen LogP contribution in [0.2, 0.25) is 0 Å². The number of nitrogens with two attached hydrogens (primary N) is 1. The van der Waals surface area contributed by atoms with E-state index in [9.17, 15) is 4.79 Å². The van der Waals surface area contributed by atoms with Crippen LogP contribution in [0.15, 0.2) is 63.9 Å². The van der Waals surface area contributed by atoms with Gasteiger partial charge in [-0.25, -0.2) is 4.98 Å². The van der Waals surface area contributed by atoms with Crippen LogP contribution in [0.5, 0.6) is 5.75 Å². The summed E-state index contributed by atoms with van der Waals surface area (Å²) in [5.41, 5.74) is 9.18. The molecule has 8 nitrogen and oxygen atoms in total. The van der Waals surface area contributed by atoms with Crippen LogP contribution in [0.1, 0.15) is 47.4 Å². The monoisotopic (exact) mass is 432 g/mol. The van der Waals surface area contributed by atoms with Gasteiger partial charge in [-0.1, -0.05) is 23.4 Å². The van der Waals surface area contributed by atoms with Crippen LogP contribution < -0.4 is 10.5 Å². The van der Waals surface area contributed by atoms with Crippen molar-refractivity contribution in [2.45, 2.75) is 32.2 Å². The molecule has 0 aliphatic rings. The van der Waals surface area contributed by atoms with Gasteiger partial charge < -0.3 is 19.4 Å². The molecule has 32 heavy (non-hydrogen) atoms. The predicted molar refractivity (Wildman–Crippen MR) is 119 cm³/mol. The molecule has 1 atom stereocenters. The van der Waals surface area contributed by atoms with Gasteiger partial charge in [0.2, 0.25) is 5.89 Å². The maximum Gasteiger partial charge on any atom is 0.212 e. The van der Waals surface area contributed by atoms with Crippen LogP contribution in [0.3, 0.4) is 0 Å². The first-order valence-corrected chi connectivity index (χ1v) is 10.3. The van der Waals surface area contributed by atoms with Crippen molar-refractivity contribution >= 4 is 16.7 Å². The number of carbonyl (C=O) groups excluding carboxylic acids is 1. The van der Waals surface area contributed by atoms with Gasteiger partial charge in [0.1, 0.15) is 17.7 Å². The molecule has 1 aromatic carbocycles. The normalized spacial score (nSPS) is 12.5. The second kappa shape index (κ2) is 9.57. The maximum absolute atomic E-state index is 11.9. The summed E-state index contributed by atoms with van der Waals surface area (Å²) in [4.78, 5) is 20.8. The van der Waals surface area contributed by atoms with Crippen molar-refractivity contribution in [1.29, 1.82) is 0 Å². The zero-order valence-corrected chi connectivity index (χ0v) is 17.9. The topological polar surface area (TPSA) is 117 Å². The Bertz CT molecular complexity index is 1240. The zero-order valence-electron chi connectivity index (χ0n) is 17.9. The smallest absolute Gasteiger partial charge is 0.212 e. The molecule has 8 heteroatoms. The third-order valence-electron chi connectivity index (χ3n) is 5.07. The van der Waals surface area contributed by atoms with E-state index < -0.39 is 6.04 Å². The van der Waals surface area contributed by atoms with Crippen LogP contribution in [0, 0.1) is 6.92 Å². The van der Waals surface area contributed by atoms with Crippen LogP contribution in [0.25, 0.3) is 22.2 Å². The number of ketones is 1. The summed E-state index contributed by atoms with van der Waals surface area (Å²) in [7, 11) is 1.61. The Labute approximate surface area is 185 Å². The first-order valence-electron chi connectivity index (χ1n) is 10.3. The Hall–Kier alpha value is -3.78. The maximum atomic E-state index is 11.9. The molecule has 0 amide bonds.